The predicted molar refractivity (Wildman–Crippen MR) is 76.3 cm³/mol. The third-order valence-electron chi connectivity index (χ3n) is 3.16. The summed E-state index contributed by atoms with van der Waals surface area (Å²) in [5.41, 5.74) is 0. The average molecular weight is 353 g/mol. The Kier molecular flexibility index (Phi) is 4.69. The molecular weight excluding hydrogens is 338 g/mol. The van der Waals surface area contributed by atoms with Gasteiger partial charge in [-0.1, -0.05) is 15.9 Å². The van der Waals surface area contributed by atoms with Crippen molar-refractivity contribution in [2.24, 2.45) is 5.92 Å². The van der Waals surface area contributed by atoms with Crippen LogP contribution in [0.15, 0.2) is 33.6 Å². The maximum Gasteiger partial charge on any atom is 0.240 e. The largest absolute Gasteiger partial charge is 0.240 e. The van der Waals surface area contributed by atoms with Crippen molar-refractivity contribution in [2.75, 3.05) is 6.54 Å². The molecule has 1 saturated carbocycles. The van der Waals surface area contributed by atoms with Gasteiger partial charge in [-0.15, -0.1) is 11.6 Å². The predicted octanol–water partition coefficient (Wildman–Crippen LogP) is 3.13. The van der Waals surface area contributed by atoms with Gasteiger partial charge in [0.1, 0.15) is 0 Å². The zero-order valence-electron chi connectivity index (χ0n) is 9.77. The van der Waals surface area contributed by atoms with Gasteiger partial charge in [0.25, 0.3) is 0 Å². The molecule has 1 fully saturated rings. The first kappa shape index (κ1) is 14.3. The monoisotopic (exact) mass is 351 g/mol. The van der Waals surface area contributed by atoms with Crippen LogP contribution in [0.3, 0.4) is 0 Å². The number of hydrogen-bond donors (Lipinski definition) is 1. The fourth-order valence-electron chi connectivity index (χ4n) is 2.12. The van der Waals surface area contributed by atoms with E-state index < -0.39 is 10.0 Å². The third-order valence-corrected chi connectivity index (χ3v) is 5.53. The fourth-order valence-corrected chi connectivity index (χ4v) is 3.88. The molecule has 2 unspecified atom stereocenters. The smallest absolute Gasteiger partial charge is 0.211 e. The summed E-state index contributed by atoms with van der Waals surface area (Å²) in [6, 6.07) is 6.62. The molecule has 18 heavy (non-hydrogen) atoms. The van der Waals surface area contributed by atoms with Crippen LogP contribution in [-0.4, -0.2) is 20.3 Å². The molecule has 0 spiro atoms. The summed E-state index contributed by atoms with van der Waals surface area (Å²) in [5.74, 6) is 0.359. The van der Waals surface area contributed by atoms with Gasteiger partial charge in [-0.25, -0.2) is 13.1 Å². The average Bonchev–Trinajstić information content (AvgIpc) is 2.73. The highest BCUT2D eigenvalue weighted by atomic mass is 79.9. The molecular formula is C12H15BrClNO2S. The Morgan fingerprint density at radius 2 is 1.94 bits per heavy atom. The lowest BCUT2D eigenvalue weighted by atomic mass is 10.1. The fraction of sp³-hybridized carbons (Fsp3) is 0.500. The van der Waals surface area contributed by atoms with E-state index >= 15 is 0 Å². The van der Waals surface area contributed by atoms with Crippen LogP contribution >= 0.6 is 27.5 Å². The van der Waals surface area contributed by atoms with Crippen molar-refractivity contribution in [2.45, 2.75) is 29.5 Å². The molecule has 1 aliphatic carbocycles. The maximum absolute atomic E-state index is 12.0. The molecule has 1 aromatic carbocycles. The molecule has 6 heteroatoms. The van der Waals surface area contributed by atoms with Gasteiger partial charge in [-0.3, -0.25) is 0 Å². The van der Waals surface area contributed by atoms with E-state index in [1.807, 2.05) is 0 Å². The van der Waals surface area contributed by atoms with Crippen LogP contribution in [0.4, 0.5) is 0 Å². The lowest BCUT2D eigenvalue weighted by Gasteiger charge is -2.11. The number of halogens is 2. The quantitative estimate of drug-likeness (QED) is 0.846. The number of rotatable bonds is 4. The van der Waals surface area contributed by atoms with Crippen LogP contribution in [0.5, 0.6) is 0 Å². The topological polar surface area (TPSA) is 46.2 Å². The van der Waals surface area contributed by atoms with Crippen LogP contribution < -0.4 is 4.72 Å². The van der Waals surface area contributed by atoms with Crippen LogP contribution in [0.1, 0.15) is 19.3 Å². The van der Waals surface area contributed by atoms with Gasteiger partial charge >= 0.3 is 0 Å². The number of sulfonamides is 1. The molecule has 0 aromatic heterocycles. The molecule has 100 valence electrons. The van der Waals surface area contributed by atoms with Crippen LogP contribution in [0.25, 0.3) is 0 Å². The van der Waals surface area contributed by atoms with Gasteiger partial charge in [0.05, 0.1) is 4.90 Å². The summed E-state index contributed by atoms with van der Waals surface area (Å²) in [4.78, 5) is 0.297. The van der Waals surface area contributed by atoms with Crippen molar-refractivity contribution in [3.8, 4) is 0 Å². The summed E-state index contributed by atoms with van der Waals surface area (Å²) < 4.78 is 27.6. The number of alkyl halides is 1. The minimum atomic E-state index is -3.40. The molecule has 2 rings (SSSR count). The second-order valence-electron chi connectivity index (χ2n) is 4.58. The molecule has 0 radical (unpaired) electrons. The Bertz CT molecular complexity index is 503. The van der Waals surface area contributed by atoms with Gasteiger partial charge < -0.3 is 0 Å². The van der Waals surface area contributed by atoms with E-state index in [4.69, 9.17) is 11.6 Å². The first-order valence-electron chi connectivity index (χ1n) is 5.86. The van der Waals surface area contributed by atoms with E-state index in [0.717, 1.165) is 23.7 Å². The van der Waals surface area contributed by atoms with E-state index in [-0.39, 0.29) is 5.38 Å². The first-order valence-corrected chi connectivity index (χ1v) is 8.58. The van der Waals surface area contributed by atoms with E-state index in [0.29, 0.717) is 17.4 Å². The third kappa shape index (κ3) is 3.70. The highest BCUT2D eigenvalue weighted by Gasteiger charge is 2.24. The molecule has 0 aliphatic heterocycles. The Balaban J connectivity index is 1.97. The van der Waals surface area contributed by atoms with Gasteiger partial charge in [-0.2, -0.15) is 0 Å². The second-order valence-corrected chi connectivity index (χ2v) is 7.88. The van der Waals surface area contributed by atoms with E-state index in [1.54, 1.807) is 24.3 Å². The van der Waals surface area contributed by atoms with Gasteiger partial charge in [0, 0.05) is 16.4 Å². The summed E-state index contributed by atoms with van der Waals surface area (Å²) in [6.45, 7) is 0.474. The first-order chi connectivity index (χ1) is 8.47. The lowest BCUT2D eigenvalue weighted by Crippen LogP contribution is -2.28. The Hall–Kier alpha value is -0.100. The number of nitrogens with one attached hydrogen (secondary N) is 1. The van der Waals surface area contributed by atoms with E-state index in [1.165, 1.54) is 0 Å². The molecule has 1 N–H and O–H groups in total. The Morgan fingerprint density at radius 1 is 1.28 bits per heavy atom. The normalized spacial score (nSPS) is 24.3. The molecule has 1 aliphatic rings. The summed E-state index contributed by atoms with van der Waals surface area (Å²) >= 11 is 9.29. The van der Waals surface area contributed by atoms with Crippen molar-refractivity contribution in [3.05, 3.63) is 28.7 Å². The molecule has 1 aromatic rings. The van der Waals surface area contributed by atoms with Crippen LogP contribution in [0.2, 0.25) is 0 Å². The lowest BCUT2D eigenvalue weighted by molar-refractivity contribution is 0.520. The highest BCUT2D eigenvalue weighted by Crippen LogP contribution is 2.29. The molecule has 3 nitrogen and oxygen atoms in total. The summed E-state index contributed by atoms with van der Waals surface area (Å²) in [6.07, 6.45) is 2.87. The molecule has 0 saturated heterocycles. The molecule has 0 heterocycles. The zero-order valence-corrected chi connectivity index (χ0v) is 12.9. The van der Waals surface area contributed by atoms with Crippen molar-refractivity contribution in [3.63, 3.8) is 0 Å². The van der Waals surface area contributed by atoms with Crippen molar-refractivity contribution in [1.29, 1.82) is 0 Å². The Labute approximate surface area is 121 Å². The van der Waals surface area contributed by atoms with Crippen LogP contribution in [0, 0.1) is 5.92 Å². The molecule has 0 bridgehead atoms. The van der Waals surface area contributed by atoms with Crippen molar-refractivity contribution < 1.29 is 8.42 Å². The summed E-state index contributed by atoms with van der Waals surface area (Å²) in [5, 5.41) is 0.201. The molecule has 2 atom stereocenters. The van der Waals surface area contributed by atoms with E-state index in [2.05, 4.69) is 20.7 Å². The van der Waals surface area contributed by atoms with Crippen molar-refractivity contribution >= 4 is 37.6 Å². The summed E-state index contributed by atoms with van der Waals surface area (Å²) in [7, 11) is -3.40. The van der Waals surface area contributed by atoms with Gasteiger partial charge in [-0.05, 0) is 49.4 Å². The van der Waals surface area contributed by atoms with Gasteiger partial charge in [0.2, 0.25) is 10.0 Å². The second kappa shape index (κ2) is 5.90. The van der Waals surface area contributed by atoms with E-state index in [9.17, 15) is 8.42 Å². The van der Waals surface area contributed by atoms with Crippen LogP contribution in [-0.2, 0) is 10.0 Å². The minimum absolute atomic E-state index is 0.201. The number of hydrogen-bond acceptors (Lipinski definition) is 2. The molecule has 0 amide bonds. The zero-order chi connectivity index (χ0) is 13.2. The number of benzene rings is 1. The standard InChI is InChI=1S/C12H15BrClNO2S/c13-10-2-5-12(6-3-10)18(16,17)15-8-9-1-4-11(14)7-9/h2-3,5-6,9,11,15H,1,4,7-8H2. The van der Waals surface area contributed by atoms with Crippen molar-refractivity contribution in [1.82, 2.24) is 4.72 Å². The minimum Gasteiger partial charge on any atom is -0.211 e. The maximum atomic E-state index is 12.0. The highest BCUT2D eigenvalue weighted by molar-refractivity contribution is 9.10. The SMILES string of the molecule is O=S(=O)(NCC1CCC(Cl)C1)c1ccc(Br)cc1. The Morgan fingerprint density at radius 3 is 2.50 bits per heavy atom. The van der Waals surface area contributed by atoms with Gasteiger partial charge in [0.15, 0.2) is 0 Å².